The van der Waals surface area contributed by atoms with Crippen LogP contribution in [0.15, 0.2) is 6.33 Å². The topological polar surface area (TPSA) is 90.2 Å². The number of anilines is 1. The molecule has 16 heavy (non-hydrogen) atoms. The minimum atomic E-state index is -0.546. The first-order valence-corrected chi connectivity index (χ1v) is 4.96. The minimum Gasteiger partial charge on any atom is -0.470 e. The van der Waals surface area contributed by atoms with E-state index in [-0.39, 0.29) is 23.5 Å². The Morgan fingerprint density at radius 2 is 2.25 bits per heavy atom. The van der Waals surface area contributed by atoms with Crippen LogP contribution in [-0.2, 0) is 0 Å². The van der Waals surface area contributed by atoms with Gasteiger partial charge in [0.05, 0.1) is 11.0 Å². The first-order valence-electron chi connectivity index (χ1n) is 4.96. The highest BCUT2D eigenvalue weighted by Gasteiger charge is 2.24. The summed E-state index contributed by atoms with van der Waals surface area (Å²) in [6.45, 7) is 5.92. The minimum absolute atomic E-state index is 0.00838. The lowest BCUT2D eigenvalue weighted by atomic mass is 10.4. The van der Waals surface area contributed by atoms with Gasteiger partial charge < -0.3 is 10.1 Å². The second kappa shape index (κ2) is 5.24. The van der Waals surface area contributed by atoms with Crippen molar-refractivity contribution in [1.29, 1.82) is 0 Å². The summed E-state index contributed by atoms with van der Waals surface area (Å²) < 4.78 is 5.26. The van der Waals surface area contributed by atoms with E-state index in [9.17, 15) is 10.1 Å². The molecule has 0 aliphatic rings. The highest BCUT2D eigenvalue weighted by molar-refractivity contribution is 5.60. The molecule has 7 heteroatoms. The molecule has 0 aliphatic carbocycles. The Kier molecular flexibility index (Phi) is 3.98. The van der Waals surface area contributed by atoms with Crippen LogP contribution in [0.25, 0.3) is 0 Å². The average molecular weight is 226 g/mol. The van der Waals surface area contributed by atoms with Gasteiger partial charge >= 0.3 is 5.69 Å². The molecule has 1 rings (SSSR count). The van der Waals surface area contributed by atoms with E-state index in [0.29, 0.717) is 6.54 Å². The van der Waals surface area contributed by atoms with Crippen LogP contribution in [0.4, 0.5) is 11.5 Å². The summed E-state index contributed by atoms with van der Waals surface area (Å²) in [6.07, 6.45) is 1.06. The van der Waals surface area contributed by atoms with Gasteiger partial charge in [0.25, 0.3) is 5.88 Å². The smallest absolute Gasteiger partial charge is 0.372 e. The molecule has 0 amide bonds. The Hall–Kier alpha value is -1.92. The second-order valence-corrected chi connectivity index (χ2v) is 3.33. The highest BCUT2D eigenvalue weighted by Crippen LogP contribution is 2.31. The Labute approximate surface area is 93.0 Å². The maximum atomic E-state index is 10.9. The van der Waals surface area contributed by atoms with Crippen molar-refractivity contribution in [3.8, 4) is 5.88 Å². The summed E-state index contributed by atoms with van der Waals surface area (Å²) in [5.74, 6) is 0.170. The van der Waals surface area contributed by atoms with E-state index in [0.717, 1.165) is 0 Å². The molecular formula is C9H14N4O3. The third-order valence-electron chi connectivity index (χ3n) is 1.66. The zero-order chi connectivity index (χ0) is 12.1. The highest BCUT2D eigenvalue weighted by atomic mass is 16.6. The molecule has 1 aromatic rings. The average Bonchev–Trinajstić information content (AvgIpc) is 2.16. The van der Waals surface area contributed by atoms with Gasteiger partial charge in [-0.3, -0.25) is 10.1 Å². The summed E-state index contributed by atoms with van der Waals surface area (Å²) in [5, 5.41) is 13.7. The number of rotatable bonds is 5. The fourth-order valence-corrected chi connectivity index (χ4v) is 1.13. The number of nitrogens with one attached hydrogen (secondary N) is 1. The van der Waals surface area contributed by atoms with Crippen molar-refractivity contribution in [2.24, 2.45) is 0 Å². The summed E-state index contributed by atoms with van der Waals surface area (Å²) in [4.78, 5) is 17.9. The molecule has 0 saturated heterocycles. The fraction of sp³-hybridized carbons (Fsp3) is 0.556. The summed E-state index contributed by atoms with van der Waals surface area (Å²) in [7, 11) is 0. The molecule has 0 unspecified atom stereocenters. The number of hydrogen-bond donors (Lipinski definition) is 1. The molecule has 0 saturated carbocycles. The molecule has 1 N–H and O–H groups in total. The standard InChI is InChI=1S/C9H14N4O3/c1-4-10-8-7(13(14)15)9(12-5-11-8)16-6(2)3/h5-6H,4H2,1-3H3,(H,10,11,12). The number of aromatic nitrogens is 2. The Balaban J connectivity index is 3.16. The van der Waals surface area contributed by atoms with Gasteiger partial charge in [0.15, 0.2) is 0 Å². The van der Waals surface area contributed by atoms with Crippen LogP contribution in [0.5, 0.6) is 5.88 Å². The molecule has 0 spiro atoms. The van der Waals surface area contributed by atoms with E-state index in [2.05, 4.69) is 15.3 Å². The molecule has 1 aromatic heterocycles. The largest absolute Gasteiger partial charge is 0.470 e. The van der Waals surface area contributed by atoms with Crippen molar-refractivity contribution in [3.63, 3.8) is 0 Å². The second-order valence-electron chi connectivity index (χ2n) is 3.33. The van der Waals surface area contributed by atoms with Crippen molar-refractivity contribution < 1.29 is 9.66 Å². The number of nitro groups is 1. The van der Waals surface area contributed by atoms with Crippen LogP contribution in [-0.4, -0.2) is 27.5 Å². The first kappa shape index (κ1) is 12.2. The van der Waals surface area contributed by atoms with Crippen molar-refractivity contribution in [2.75, 3.05) is 11.9 Å². The van der Waals surface area contributed by atoms with E-state index < -0.39 is 4.92 Å². The maximum Gasteiger partial charge on any atom is 0.372 e. The van der Waals surface area contributed by atoms with Crippen molar-refractivity contribution >= 4 is 11.5 Å². The van der Waals surface area contributed by atoms with Gasteiger partial charge in [-0.1, -0.05) is 0 Å². The summed E-state index contributed by atoms with van der Waals surface area (Å²) in [6, 6.07) is 0. The molecule has 0 bridgehead atoms. The van der Waals surface area contributed by atoms with Gasteiger partial charge in [0.1, 0.15) is 6.33 Å². The Morgan fingerprint density at radius 3 is 2.75 bits per heavy atom. The molecule has 0 radical (unpaired) electrons. The molecule has 88 valence electrons. The maximum absolute atomic E-state index is 10.9. The van der Waals surface area contributed by atoms with E-state index in [4.69, 9.17) is 4.74 Å². The number of ether oxygens (including phenoxy) is 1. The summed E-state index contributed by atoms with van der Waals surface area (Å²) in [5.41, 5.74) is -0.224. The van der Waals surface area contributed by atoms with Gasteiger partial charge in [0, 0.05) is 6.54 Å². The normalized spacial score (nSPS) is 10.2. The monoisotopic (exact) mass is 226 g/mol. The van der Waals surface area contributed by atoms with Crippen LogP contribution >= 0.6 is 0 Å². The van der Waals surface area contributed by atoms with Crippen LogP contribution in [0.2, 0.25) is 0 Å². The van der Waals surface area contributed by atoms with E-state index >= 15 is 0 Å². The molecular weight excluding hydrogens is 212 g/mol. The molecule has 0 atom stereocenters. The number of hydrogen-bond acceptors (Lipinski definition) is 6. The van der Waals surface area contributed by atoms with E-state index in [1.54, 1.807) is 13.8 Å². The molecule has 7 nitrogen and oxygen atoms in total. The fourth-order valence-electron chi connectivity index (χ4n) is 1.13. The van der Waals surface area contributed by atoms with Gasteiger partial charge in [-0.05, 0) is 20.8 Å². The van der Waals surface area contributed by atoms with Crippen LogP contribution in [0.3, 0.4) is 0 Å². The third kappa shape index (κ3) is 2.78. The molecule has 0 aromatic carbocycles. The van der Waals surface area contributed by atoms with E-state index in [1.165, 1.54) is 6.33 Å². The lowest BCUT2D eigenvalue weighted by Crippen LogP contribution is -2.11. The predicted molar refractivity (Wildman–Crippen MR) is 58.6 cm³/mol. The molecule has 0 aliphatic heterocycles. The van der Waals surface area contributed by atoms with Crippen LogP contribution < -0.4 is 10.1 Å². The molecule has 0 fully saturated rings. The van der Waals surface area contributed by atoms with Gasteiger partial charge in [0.2, 0.25) is 5.82 Å². The predicted octanol–water partition coefficient (Wildman–Crippen LogP) is 1.60. The van der Waals surface area contributed by atoms with Crippen LogP contribution in [0, 0.1) is 10.1 Å². The quantitative estimate of drug-likeness (QED) is 0.605. The Bertz CT molecular complexity index is 381. The van der Waals surface area contributed by atoms with Crippen molar-refractivity contribution in [2.45, 2.75) is 26.9 Å². The third-order valence-corrected chi connectivity index (χ3v) is 1.66. The number of nitrogens with zero attached hydrogens (tertiary/aromatic N) is 3. The van der Waals surface area contributed by atoms with Gasteiger partial charge in [-0.25, -0.2) is 4.98 Å². The SMILES string of the molecule is CCNc1ncnc(OC(C)C)c1[N+](=O)[O-]. The van der Waals surface area contributed by atoms with Crippen LogP contribution in [0.1, 0.15) is 20.8 Å². The van der Waals surface area contributed by atoms with Crippen molar-refractivity contribution in [1.82, 2.24) is 9.97 Å². The lowest BCUT2D eigenvalue weighted by Gasteiger charge is -2.10. The Morgan fingerprint density at radius 1 is 1.56 bits per heavy atom. The van der Waals surface area contributed by atoms with Gasteiger partial charge in [-0.15, -0.1) is 0 Å². The first-order chi connectivity index (χ1) is 7.56. The lowest BCUT2D eigenvalue weighted by molar-refractivity contribution is -0.385. The zero-order valence-corrected chi connectivity index (χ0v) is 9.43. The van der Waals surface area contributed by atoms with E-state index in [1.807, 2.05) is 6.92 Å². The van der Waals surface area contributed by atoms with Crippen molar-refractivity contribution in [3.05, 3.63) is 16.4 Å². The zero-order valence-electron chi connectivity index (χ0n) is 9.43. The van der Waals surface area contributed by atoms with Gasteiger partial charge in [-0.2, -0.15) is 4.98 Å². The summed E-state index contributed by atoms with van der Waals surface area (Å²) >= 11 is 0. The molecule has 1 heterocycles.